The minimum absolute atomic E-state index is 0.191. The molecule has 3 fully saturated rings. The van der Waals surface area contributed by atoms with Gasteiger partial charge >= 0.3 is 11.9 Å². The van der Waals surface area contributed by atoms with Crippen LogP contribution in [0.1, 0.15) is 97.3 Å². The van der Waals surface area contributed by atoms with Crippen LogP contribution in [0.2, 0.25) is 0 Å². The minimum Gasteiger partial charge on any atom is -0.456 e. The molecule has 0 aromatic carbocycles. The topological polar surface area (TPSA) is 52.6 Å². The Bertz CT molecular complexity index is 581. The fourth-order valence-corrected chi connectivity index (χ4v) is 5.86. The van der Waals surface area contributed by atoms with Gasteiger partial charge in [0.05, 0.1) is 11.1 Å². The van der Waals surface area contributed by atoms with E-state index in [1.807, 2.05) is 0 Å². The number of carbonyl (C=O) groups is 2. The smallest absolute Gasteiger partial charge is 0.335 e. The molecule has 4 aliphatic carbocycles. The van der Waals surface area contributed by atoms with Crippen molar-refractivity contribution in [3.63, 3.8) is 0 Å². The van der Waals surface area contributed by atoms with Crippen LogP contribution in [0.25, 0.3) is 0 Å². The highest BCUT2D eigenvalue weighted by atomic mass is 16.6. The Hall–Kier alpha value is -1.32. The lowest BCUT2D eigenvalue weighted by Crippen LogP contribution is -2.37. The summed E-state index contributed by atoms with van der Waals surface area (Å²) in [6.07, 6.45) is 13.5. The van der Waals surface area contributed by atoms with Crippen LogP contribution in [-0.2, 0) is 19.1 Å². The molecule has 0 aliphatic heterocycles. The highest BCUT2D eigenvalue weighted by Crippen LogP contribution is 2.50. The predicted molar refractivity (Wildman–Crippen MR) is 103 cm³/mol. The molecule has 3 saturated carbocycles. The van der Waals surface area contributed by atoms with Gasteiger partial charge in [0.25, 0.3) is 0 Å². The average Bonchev–Trinajstić information content (AvgIpc) is 3.23. The van der Waals surface area contributed by atoms with Gasteiger partial charge in [0.2, 0.25) is 0 Å². The Labute approximate surface area is 163 Å². The maximum absolute atomic E-state index is 13.1. The summed E-state index contributed by atoms with van der Waals surface area (Å²) in [5.41, 5.74) is 0.577. The Morgan fingerprint density at radius 3 is 1.44 bits per heavy atom. The molecule has 4 aliphatic rings. The zero-order chi connectivity index (χ0) is 19.1. The van der Waals surface area contributed by atoms with Crippen LogP contribution in [0.3, 0.4) is 0 Å². The molecule has 0 heterocycles. The average molecular weight is 375 g/mol. The van der Waals surface area contributed by atoms with Gasteiger partial charge in [-0.05, 0) is 96.3 Å². The lowest BCUT2D eigenvalue weighted by Gasteiger charge is -2.35. The molecule has 0 aromatic rings. The van der Waals surface area contributed by atoms with E-state index in [1.165, 1.54) is 12.8 Å². The summed E-state index contributed by atoms with van der Waals surface area (Å²) in [7, 11) is 0. The van der Waals surface area contributed by atoms with Crippen LogP contribution in [0, 0.1) is 11.8 Å². The molecule has 0 N–H and O–H groups in total. The second kappa shape index (κ2) is 7.25. The predicted octanol–water partition coefficient (Wildman–Crippen LogP) is 5.24. The first-order valence-electron chi connectivity index (χ1n) is 11.1. The van der Waals surface area contributed by atoms with Gasteiger partial charge in [0.15, 0.2) is 0 Å². The van der Waals surface area contributed by atoms with E-state index in [-0.39, 0.29) is 35.0 Å². The third kappa shape index (κ3) is 3.82. The zero-order valence-electron chi connectivity index (χ0n) is 17.0. The SMILES string of the molecule is CC1(OC(=O)C2=C(C(=O)OC3(C)CCCCC3)C3CCC2C3)CCCCC1. The standard InChI is InChI=1S/C23H34O4/c1-22(11-5-3-6-12-22)26-20(24)18-16-9-10-17(15-16)19(18)21(25)27-23(2)13-7-4-8-14-23/h16-17H,3-15H2,1-2H3. The Kier molecular flexibility index (Phi) is 5.11. The second-order valence-corrected chi connectivity index (χ2v) is 9.83. The van der Waals surface area contributed by atoms with Gasteiger partial charge in [-0.3, -0.25) is 0 Å². The molecule has 2 unspecified atom stereocenters. The quantitative estimate of drug-likeness (QED) is 0.631. The van der Waals surface area contributed by atoms with Gasteiger partial charge in [-0.15, -0.1) is 0 Å². The Morgan fingerprint density at radius 1 is 0.704 bits per heavy atom. The number of fused-ring (bicyclic) bond motifs is 2. The van der Waals surface area contributed by atoms with E-state index in [1.54, 1.807) is 0 Å². The van der Waals surface area contributed by atoms with Crippen LogP contribution in [0.15, 0.2) is 11.1 Å². The van der Waals surface area contributed by atoms with Crippen LogP contribution < -0.4 is 0 Å². The van der Waals surface area contributed by atoms with Gasteiger partial charge in [0, 0.05) is 0 Å². The van der Waals surface area contributed by atoms with Gasteiger partial charge in [-0.1, -0.05) is 12.8 Å². The van der Waals surface area contributed by atoms with E-state index in [0.29, 0.717) is 11.1 Å². The van der Waals surface area contributed by atoms with E-state index < -0.39 is 0 Å². The van der Waals surface area contributed by atoms with Crippen LogP contribution in [-0.4, -0.2) is 23.1 Å². The second-order valence-electron chi connectivity index (χ2n) is 9.83. The van der Waals surface area contributed by atoms with Gasteiger partial charge in [-0.2, -0.15) is 0 Å². The fourth-order valence-electron chi connectivity index (χ4n) is 5.86. The molecule has 4 nitrogen and oxygen atoms in total. The summed E-state index contributed by atoms with van der Waals surface area (Å²) < 4.78 is 12.0. The number of hydrogen-bond donors (Lipinski definition) is 0. The van der Waals surface area contributed by atoms with Crippen molar-refractivity contribution >= 4 is 11.9 Å². The molecule has 27 heavy (non-hydrogen) atoms. The van der Waals surface area contributed by atoms with Crippen LogP contribution in [0.5, 0.6) is 0 Å². The molecule has 4 heteroatoms. The van der Waals surface area contributed by atoms with E-state index in [4.69, 9.17) is 9.47 Å². The van der Waals surface area contributed by atoms with Crippen molar-refractivity contribution in [1.82, 2.24) is 0 Å². The van der Waals surface area contributed by atoms with Crippen molar-refractivity contribution in [2.45, 2.75) is 109 Å². The first-order chi connectivity index (χ1) is 12.9. The molecule has 150 valence electrons. The van der Waals surface area contributed by atoms with E-state index in [2.05, 4.69) is 13.8 Å². The highest BCUT2D eigenvalue weighted by Gasteiger charge is 2.48. The third-order valence-electron chi connectivity index (χ3n) is 7.48. The highest BCUT2D eigenvalue weighted by molar-refractivity contribution is 6.02. The number of ether oxygens (including phenoxy) is 2. The van der Waals surface area contributed by atoms with Crippen LogP contribution in [0.4, 0.5) is 0 Å². The van der Waals surface area contributed by atoms with Crippen molar-refractivity contribution < 1.29 is 19.1 Å². The molecule has 0 aromatic heterocycles. The lowest BCUT2D eigenvalue weighted by molar-refractivity contribution is -0.160. The zero-order valence-corrected chi connectivity index (χ0v) is 17.0. The largest absolute Gasteiger partial charge is 0.456 e. The number of esters is 2. The maximum Gasteiger partial charge on any atom is 0.335 e. The molecular weight excluding hydrogens is 340 g/mol. The van der Waals surface area contributed by atoms with Crippen molar-refractivity contribution in [3.8, 4) is 0 Å². The van der Waals surface area contributed by atoms with Crippen molar-refractivity contribution in [1.29, 1.82) is 0 Å². The Balaban J connectivity index is 1.53. The summed E-state index contributed by atoms with van der Waals surface area (Å²) in [5, 5.41) is 0. The summed E-state index contributed by atoms with van der Waals surface area (Å²) in [5.74, 6) is -0.104. The molecular formula is C23H34O4. The van der Waals surface area contributed by atoms with Crippen molar-refractivity contribution in [2.75, 3.05) is 0 Å². The number of rotatable bonds is 4. The monoisotopic (exact) mass is 374 g/mol. The minimum atomic E-state index is -0.367. The molecule has 0 amide bonds. The first-order valence-corrected chi connectivity index (χ1v) is 11.1. The number of hydrogen-bond acceptors (Lipinski definition) is 4. The van der Waals surface area contributed by atoms with Gasteiger partial charge in [-0.25, -0.2) is 9.59 Å². The maximum atomic E-state index is 13.1. The molecule has 0 saturated heterocycles. The van der Waals surface area contributed by atoms with E-state index in [9.17, 15) is 9.59 Å². The fraction of sp³-hybridized carbons (Fsp3) is 0.826. The summed E-state index contributed by atoms with van der Waals surface area (Å²) in [6.45, 7) is 4.11. The van der Waals surface area contributed by atoms with Crippen molar-refractivity contribution in [3.05, 3.63) is 11.1 Å². The molecule has 2 atom stereocenters. The van der Waals surface area contributed by atoms with Crippen LogP contribution >= 0.6 is 0 Å². The molecule has 0 spiro atoms. The van der Waals surface area contributed by atoms with Crippen molar-refractivity contribution in [2.24, 2.45) is 11.8 Å². The third-order valence-corrected chi connectivity index (χ3v) is 7.48. The summed E-state index contributed by atoms with van der Waals surface area (Å²) >= 11 is 0. The van der Waals surface area contributed by atoms with E-state index in [0.717, 1.165) is 70.6 Å². The lowest BCUT2D eigenvalue weighted by atomic mass is 9.85. The Morgan fingerprint density at radius 2 is 1.07 bits per heavy atom. The summed E-state index contributed by atoms with van der Waals surface area (Å²) in [6, 6.07) is 0. The molecule has 4 rings (SSSR count). The first kappa shape index (κ1) is 19.0. The van der Waals surface area contributed by atoms with Gasteiger partial charge in [0.1, 0.15) is 11.2 Å². The summed E-state index contributed by atoms with van der Waals surface area (Å²) in [4.78, 5) is 26.2. The number of carbonyl (C=O) groups excluding carboxylic acids is 2. The normalized spacial score (nSPS) is 31.6. The molecule has 2 bridgehead atoms. The molecule has 0 radical (unpaired) electrons. The van der Waals surface area contributed by atoms with Gasteiger partial charge < -0.3 is 9.47 Å². The van der Waals surface area contributed by atoms with E-state index >= 15 is 0 Å².